The molecule has 1 amide bonds. The predicted molar refractivity (Wildman–Crippen MR) is 111 cm³/mol. The largest absolute Gasteiger partial charge is 0.489 e. The molecule has 0 saturated heterocycles. The molecule has 1 N–H and O–H groups in total. The van der Waals surface area contributed by atoms with Crippen molar-refractivity contribution in [1.29, 1.82) is 0 Å². The van der Waals surface area contributed by atoms with Gasteiger partial charge < -0.3 is 10.1 Å². The van der Waals surface area contributed by atoms with Crippen molar-refractivity contribution in [2.24, 2.45) is 0 Å². The fourth-order valence-electron chi connectivity index (χ4n) is 2.95. The first-order valence-corrected chi connectivity index (χ1v) is 9.81. The lowest BCUT2D eigenvalue weighted by molar-refractivity contribution is -0.121. The molecule has 29 heavy (non-hydrogen) atoms. The molecule has 0 atom stereocenters. The number of pyridine rings is 1. The topological polar surface area (TPSA) is 51.2 Å². The lowest BCUT2D eigenvalue weighted by Crippen LogP contribution is -2.22. The van der Waals surface area contributed by atoms with Gasteiger partial charge in [0.1, 0.15) is 18.2 Å². The van der Waals surface area contributed by atoms with E-state index < -0.39 is 0 Å². The quantitative estimate of drug-likeness (QED) is 0.503. The predicted octanol–water partition coefficient (Wildman–Crippen LogP) is 4.83. The van der Waals surface area contributed by atoms with E-state index in [9.17, 15) is 9.18 Å². The fourth-order valence-corrected chi connectivity index (χ4v) is 2.95. The fraction of sp³-hybridized carbons (Fsp3) is 0.250. The molecule has 0 saturated carbocycles. The maximum atomic E-state index is 13.2. The number of hydrogen-bond acceptors (Lipinski definition) is 3. The minimum Gasteiger partial charge on any atom is -0.489 e. The van der Waals surface area contributed by atoms with Crippen LogP contribution in [0.4, 0.5) is 4.39 Å². The number of hydrogen-bond donors (Lipinski definition) is 1. The molecule has 3 aromatic rings. The second kappa shape index (κ2) is 11.0. The maximum absolute atomic E-state index is 13.2. The summed E-state index contributed by atoms with van der Waals surface area (Å²) in [6.45, 7) is 0.879. The van der Waals surface area contributed by atoms with Crippen LogP contribution in [0.2, 0.25) is 0 Å². The molecular formula is C24H25FN2O2. The Kier molecular flexibility index (Phi) is 7.75. The van der Waals surface area contributed by atoms with Crippen molar-refractivity contribution < 1.29 is 13.9 Å². The summed E-state index contributed by atoms with van der Waals surface area (Å²) in [7, 11) is 0. The third-order valence-corrected chi connectivity index (χ3v) is 4.58. The van der Waals surface area contributed by atoms with Gasteiger partial charge in [-0.1, -0.05) is 24.3 Å². The van der Waals surface area contributed by atoms with Gasteiger partial charge in [-0.15, -0.1) is 0 Å². The number of aromatic nitrogens is 1. The third kappa shape index (κ3) is 7.37. The second-order valence-corrected chi connectivity index (χ2v) is 6.90. The SMILES string of the molecule is O=C(CCCCc1ccc(OCc2cccc(F)c2)cc1)NCc1ccncc1. The van der Waals surface area contributed by atoms with Crippen LogP contribution < -0.4 is 10.1 Å². The lowest BCUT2D eigenvalue weighted by atomic mass is 10.1. The van der Waals surface area contributed by atoms with Crippen LogP contribution >= 0.6 is 0 Å². The highest BCUT2D eigenvalue weighted by Crippen LogP contribution is 2.16. The Bertz CT molecular complexity index is 898. The summed E-state index contributed by atoms with van der Waals surface area (Å²) in [4.78, 5) is 15.9. The van der Waals surface area contributed by atoms with E-state index in [0.717, 1.165) is 36.1 Å². The van der Waals surface area contributed by atoms with Crippen LogP contribution in [0.5, 0.6) is 5.75 Å². The van der Waals surface area contributed by atoms with Gasteiger partial charge in [0, 0.05) is 25.4 Å². The molecule has 4 nitrogen and oxygen atoms in total. The van der Waals surface area contributed by atoms with E-state index in [0.29, 0.717) is 19.6 Å². The van der Waals surface area contributed by atoms with Gasteiger partial charge in [-0.05, 0) is 72.4 Å². The van der Waals surface area contributed by atoms with Crippen molar-refractivity contribution in [3.05, 3.63) is 95.6 Å². The zero-order chi connectivity index (χ0) is 20.3. The molecule has 0 bridgehead atoms. The van der Waals surface area contributed by atoms with Crippen molar-refractivity contribution in [2.45, 2.75) is 38.8 Å². The van der Waals surface area contributed by atoms with E-state index in [1.807, 2.05) is 42.5 Å². The highest BCUT2D eigenvalue weighted by Gasteiger charge is 2.03. The maximum Gasteiger partial charge on any atom is 0.220 e. The second-order valence-electron chi connectivity index (χ2n) is 6.90. The Morgan fingerprint density at radius 3 is 2.48 bits per heavy atom. The zero-order valence-corrected chi connectivity index (χ0v) is 16.3. The molecule has 1 heterocycles. The molecular weight excluding hydrogens is 367 g/mol. The number of nitrogens with one attached hydrogen (secondary N) is 1. The van der Waals surface area contributed by atoms with Gasteiger partial charge in [-0.3, -0.25) is 9.78 Å². The van der Waals surface area contributed by atoms with Crippen LogP contribution in [0.15, 0.2) is 73.1 Å². The Labute approximate surface area is 170 Å². The average molecular weight is 392 g/mol. The van der Waals surface area contributed by atoms with Gasteiger partial charge in [0.05, 0.1) is 0 Å². The van der Waals surface area contributed by atoms with Gasteiger partial charge >= 0.3 is 0 Å². The first kappa shape index (κ1) is 20.5. The van der Waals surface area contributed by atoms with Crippen LogP contribution in [0, 0.1) is 5.82 Å². The number of aryl methyl sites for hydroxylation is 1. The number of carbonyl (C=O) groups excluding carboxylic acids is 1. The van der Waals surface area contributed by atoms with Gasteiger partial charge in [0.15, 0.2) is 0 Å². The minimum absolute atomic E-state index is 0.0721. The first-order valence-electron chi connectivity index (χ1n) is 9.81. The number of rotatable bonds is 10. The van der Waals surface area contributed by atoms with E-state index in [2.05, 4.69) is 10.3 Å². The Morgan fingerprint density at radius 2 is 1.72 bits per heavy atom. The van der Waals surface area contributed by atoms with Gasteiger partial charge in [-0.2, -0.15) is 0 Å². The van der Waals surface area contributed by atoms with E-state index in [-0.39, 0.29) is 11.7 Å². The lowest BCUT2D eigenvalue weighted by Gasteiger charge is -2.08. The molecule has 3 rings (SSSR count). The van der Waals surface area contributed by atoms with Crippen molar-refractivity contribution in [2.75, 3.05) is 0 Å². The average Bonchev–Trinajstić information content (AvgIpc) is 2.75. The number of halogens is 1. The summed E-state index contributed by atoms with van der Waals surface area (Å²) in [5.74, 6) is 0.573. The summed E-state index contributed by atoms with van der Waals surface area (Å²) >= 11 is 0. The summed E-state index contributed by atoms with van der Waals surface area (Å²) in [5, 5.41) is 2.93. The van der Waals surface area contributed by atoms with E-state index in [1.54, 1.807) is 18.5 Å². The molecule has 0 unspecified atom stereocenters. The normalized spacial score (nSPS) is 10.5. The number of amides is 1. The number of carbonyl (C=O) groups is 1. The Balaban J connectivity index is 1.32. The van der Waals surface area contributed by atoms with Gasteiger partial charge in [0.2, 0.25) is 5.91 Å². The number of ether oxygens (including phenoxy) is 1. The molecule has 150 valence electrons. The smallest absolute Gasteiger partial charge is 0.220 e. The molecule has 0 radical (unpaired) electrons. The zero-order valence-electron chi connectivity index (χ0n) is 16.3. The summed E-state index contributed by atoms with van der Waals surface area (Å²) in [5.41, 5.74) is 3.06. The van der Waals surface area contributed by atoms with Crippen molar-refractivity contribution in [1.82, 2.24) is 10.3 Å². The van der Waals surface area contributed by atoms with E-state index in [1.165, 1.54) is 17.7 Å². The molecule has 0 spiro atoms. The van der Waals surface area contributed by atoms with Crippen LogP contribution in [-0.2, 0) is 24.4 Å². The van der Waals surface area contributed by atoms with Crippen LogP contribution in [-0.4, -0.2) is 10.9 Å². The number of nitrogens with zero attached hydrogens (tertiary/aromatic N) is 1. The molecule has 0 aliphatic carbocycles. The van der Waals surface area contributed by atoms with Crippen molar-refractivity contribution in [3.63, 3.8) is 0 Å². The highest BCUT2D eigenvalue weighted by molar-refractivity contribution is 5.75. The molecule has 1 aromatic heterocycles. The van der Waals surface area contributed by atoms with Crippen molar-refractivity contribution >= 4 is 5.91 Å². The van der Waals surface area contributed by atoms with Crippen molar-refractivity contribution in [3.8, 4) is 5.75 Å². The Morgan fingerprint density at radius 1 is 0.931 bits per heavy atom. The van der Waals surface area contributed by atoms with E-state index >= 15 is 0 Å². The molecule has 0 aliphatic heterocycles. The Hall–Kier alpha value is -3.21. The van der Waals surface area contributed by atoms with Crippen LogP contribution in [0.1, 0.15) is 36.0 Å². The number of benzene rings is 2. The van der Waals surface area contributed by atoms with Gasteiger partial charge in [-0.25, -0.2) is 4.39 Å². The highest BCUT2D eigenvalue weighted by atomic mass is 19.1. The molecule has 5 heteroatoms. The molecule has 0 aliphatic rings. The third-order valence-electron chi connectivity index (χ3n) is 4.58. The monoisotopic (exact) mass is 392 g/mol. The summed E-state index contributed by atoms with van der Waals surface area (Å²) in [6.07, 6.45) is 6.69. The van der Waals surface area contributed by atoms with Gasteiger partial charge in [0.25, 0.3) is 0 Å². The molecule has 0 fully saturated rings. The first-order chi connectivity index (χ1) is 14.2. The minimum atomic E-state index is -0.257. The number of unbranched alkanes of at least 4 members (excludes halogenated alkanes) is 1. The van der Waals surface area contributed by atoms with Crippen LogP contribution in [0.25, 0.3) is 0 Å². The van der Waals surface area contributed by atoms with Crippen LogP contribution in [0.3, 0.4) is 0 Å². The summed E-state index contributed by atoms with van der Waals surface area (Å²) < 4.78 is 18.9. The summed E-state index contributed by atoms with van der Waals surface area (Å²) in [6, 6.07) is 18.1. The van der Waals surface area contributed by atoms with E-state index in [4.69, 9.17) is 4.74 Å². The molecule has 2 aromatic carbocycles. The standard InChI is InChI=1S/C24H25FN2O2/c25-22-6-3-5-21(16-22)18-29-23-10-8-19(9-11-23)4-1-2-7-24(28)27-17-20-12-14-26-15-13-20/h3,5-6,8-16H,1-2,4,7,17-18H2,(H,27,28).